The first-order chi connectivity index (χ1) is 7.54. The Hall–Kier alpha value is -1.62. The third-order valence-electron chi connectivity index (χ3n) is 1.97. The van der Waals surface area contributed by atoms with E-state index < -0.39 is 17.9 Å². The molecule has 2 N–H and O–H groups in total. The van der Waals surface area contributed by atoms with E-state index in [0.29, 0.717) is 11.4 Å². The highest BCUT2D eigenvalue weighted by molar-refractivity contribution is 6.30. The summed E-state index contributed by atoms with van der Waals surface area (Å²) < 4.78 is 0. The standard InChI is InChI=1S/C10H11ClN2O3/c1-2-7(10(15)16)13-9(14)8-5-6(11)3-4-12-8/h3-5,7H,2H2,1H3,(H,13,14)(H,15,16). The molecule has 1 atom stereocenters. The molecular weight excluding hydrogens is 232 g/mol. The number of hydrogen-bond donors (Lipinski definition) is 2. The predicted molar refractivity (Wildman–Crippen MR) is 58.4 cm³/mol. The van der Waals surface area contributed by atoms with Gasteiger partial charge in [0, 0.05) is 11.2 Å². The predicted octanol–water partition coefficient (Wildman–Crippen LogP) is 1.33. The molecule has 1 aromatic heterocycles. The topological polar surface area (TPSA) is 79.3 Å². The highest BCUT2D eigenvalue weighted by Gasteiger charge is 2.19. The SMILES string of the molecule is CCC(NC(=O)c1cc(Cl)ccn1)C(=O)O. The average Bonchev–Trinajstić information content (AvgIpc) is 2.25. The Bertz CT molecular complexity index is 409. The molecule has 6 heteroatoms. The zero-order valence-electron chi connectivity index (χ0n) is 8.61. The normalized spacial score (nSPS) is 11.9. The van der Waals surface area contributed by atoms with Crippen molar-refractivity contribution >= 4 is 23.5 Å². The Morgan fingerprint density at radius 1 is 1.62 bits per heavy atom. The highest BCUT2D eigenvalue weighted by Crippen LogP contribution is 2.08. The Labute approximate surface area is 97.4 Å². The van der Waals surface area contributed by atoms with Crippen LogP contribution in [0.25, 0.3) is 0 Å². The zero-order chi connectivity index (χ0) is 12.1. The third-order valence-corrected chi connectivity index (χ3v) is 2.20. The molecule has 16 heavy (non-hydrogen) atoms. The molecule has 0 aliphatic heterocycles. The Morgan fingerprint density at radius 2 is 2.31 bits per heavy atom. The molecule has 5 nitrogen and oxygen atoms in total. The molecule has 0 spiro atoms. The van der Waals surface area contributed by atoms with Gasteiger partial charge in [0.2, 0.25) is 0 Å². The first kappa shape index (κ1) is 12.4. The van der Waals surface area contributed by atoms with Gasteiger partial charge in [0.1, 0.15) is 11.7 Å². The molecule has 0 radical (unpaired) electrons. The van der Waals surface area contributed by atoms with Crippen LogP contribution in [0.15, 0.2) is 18.3 Å². The van der Waals surface area contributed by atoms with Gasteiger partial charge in [-0.3, -0.25) is 9.78 Å². The zero-order valence-corrected chi connectivity index (χ0v) is 9.36. The summed E-state index contributed by atoms with van der Waals surface area (Å²) in [6.07, 6.45) is 1.70. The smallest absolute Gasteiger partial charge is 0.326 e. The van der Waals surface area contributed by atoms with Crippen LogP contribution in [0.1, 0.15) is 23.8 Å². The van der Waals surface area contributed by atoms with Crippen molar-refractivity contribution in [1.82, 2.24) is 10.3 Å². The van der Waals surface area contributed by atoms with E-state index in [1.54, 1.807) is 6.92 Å². The fourth-order valence-electron chi connectivity index (χ4n) is 1.10. The molecule has 0 saturated carbocycles. The molecule has 0 bridgehead atoms. The Kier molecular flexibility index (Phi) is 4.25. The minimum absolute atomic E-state index is 0.104. The molecular formula is C10H11ClN2O3. The van der Waals surface area contributed by atoms with Crippen molar-refractivity contribution in [1.29, 1.82) is 0 Å². The fourth-order valence-corrected chi connectivity index (χ4v) is 1.26. The minimum atomic E-state index is -1.07. The van der Waals surface area contributed by atoms with E-state index >= 15 is 0 Å². The number of rotatable bonds is 4. The van der Waals surface area contributed by atoms with Crippen LogP contribution in [0.4, 0.5) is 0 Å². The molecule has 1 heterocycles. The summed E-state index contributed by atoms with van der Waals surface area (Å²) in [5, 5.41) is 11.5. The van der Waals surface area contributed by atoms with Gasteiger partial charge in [-0.1, -0.05) is 18.5 Å². The molecule has 1 amide bonds. The molecule has 1 unspecified atom stereocenters. The number of carboxylic acids is 1. The average molecular weight is 243 g/mol. The summed E-state index contributed by atoms with van der Waals surface area (Å²) in [6.45, 7) is 1.67. The Morgan fingerprint density at radius 3 is 2.81 bits per heavy atom. The van der Waals surface area contributed by atoms with Crippen molar-refractivity contribution in [3.8, 4) is 0 Å². The maximum absolute atomic E-state index is 11.6. The van der Waals surface area contributed by atoms with Gasteiger partial charge >= 0.3 is 5.97 Å². The molecule has 0 saturated heterocycles. The van der Waals surface area contributed by atoms with E-state index in [4.69, 9.17) is 16.7 Å². The molecule has 1 aromatic rings. The highest BCUT2D eigenvalue weighted by atomic mass is 35.5. The van der Waals surface area contributed by atoms with Gasteiger partial charge < -0.3 is 10.4 Å². The molecule has 0 aromatic carbocycles. The lowest BCUT2D eigenvalue weighted by Crippen LogP contribution is -2.40. The van der Waals surface area contributed by atoms with Crippen LogP contribution in [0, 0.1) is 0 Å². The fraction of sp³-hybridized carbons (Fsp3) is 0.300. The van der Waals surface area contributed by atoms with Gasteiger partial charge in [-0.2, -0.15) is 0 Å². The quantitative estimate of drug-likeness (QED) is 0.835. The summed E-state index contributed by atoms with van der Waals surface area (Å²) in [7, 11) is 0. The number of carbonyl (C=O) groups excluding carboxylic acids is 1. The van der Waals surface area contributed by atoms with Gasteiger partial charge in [0.15, 0.2) is 0 Å². The second-order valence-corrected chi connectivity index (χ2v) is 3.57. The van der Waals surface area contributed by atoms with Gasteiger partial charge in [0.05, 0.1) is 0 Å². The maximum Gasteiger partial charge on any atom is 0.326 e. The third kappa shape index (κ3) is 3.20. The number of carbonyl (C=O) groups is 2. The first-order valence-corrected chi connectivity index (χ1v) is 5.07. The number of amides is 1. The van der Waals surface area contributed by atoms with E-state index in [1.807, 2.05) is 0 Å². The summed E-state index contributed by atoms with van der Waals surface area (Å²) in [6, 6.07) is 2.01. The lowest BCUT2D eigenvalue weighted by molar-refractivity contribution is -0.139. The second kappa shape index (κ2) is 5.46. The number of halogens is 1. The summed E-state index contributed by atoms with van der Waals surface area (Å²) >= 11 is 5.69. The lowest BCUT2D eigenvalue weighted by atomic mass is 10.2. The van der Waals surface area contributed by atoms with Crippen LogP contribution in [0.5, 0.6) is 0 Å². The van der Waals surface area contributed by atoms with Crippen LogP contribution in [0.3, 0.4) is 0 Å². The van der Waals surface area contributed by atoms with Crippen molar-refractivity contribution < 1.29 is 14.7 Å². The van der Waals surface area contributed by atoms with E-state index in [2.05, 4.69) is 10.3 Å². The summed E-state index contributed by atoms with van der Waals surface area (Å²) in [5.41, 5.74) is 0.104. The van der Waals surface area contributed by atoms with Gasteiger partial charge in [-0.25, -0.2) is 4.79 Å². The molecule has 86 valence electrons. The van der Waals surface area contributed by atoms with Gasteiger partial charge in [-0.05, 0) is 18.6 Å². The number of aliphatic carboxylic acids is 1. The second-order valence-electron chi connectivity index (χ2n) is 3.13. The van der Waals surface area contributed by atoms with Crippen LogP contribution in [-0.4, -0.2) is 28.0 Å². The molecule has 0 aliphatic carbocycles. The van der Waals surface area contributed by atoms with E-state index in [9.17, 15) is 9.59 Å². The van der Waals surface area contributed by atoms with Gasteiger partial charge in [-0.15, -0.1) is 0 Å². The van der Waals surface area contributed by atoms with Crippen LogP contribution >= 0.6 is 11.6 Å². The van der Waals surface area contributed by atoms with Gasteiger partial charge in [0.25, 0.3) is 5.91 Å². The number of nitrogens with one attached hydrogen (secondary N) is 1. The van der Waals surface area contributed by atoms with Crippen molar-refractivity contribution in [2.24, 2.45) is 0 Å². The van der Waals surface area contributed by atoms with Crippen molar-refractivity contribution in [2.75, 3.05) is 0 Å². The van der Waals surface area contributed by atoms with E-state index in [1.165, 1.54) is 18.3 Å². The van der Waals surface area contributed by atoms with Crippen LogP contribution in [-0.2, 0) is 4.79 Å². The molecule has 0 fully saturated rings. The van der Waals surface area contributed by atoms with Crippen molar-refractivity contribution in [3.05, 3.63) is 29.0 Å². The minimum Gasteiger partial charge on any atom is -0.480 e. The lowest BCUT2D eigenvalue weighted by Gasteiger charge is -2.11. The maximum atomic E-state index is 11.6. The monoisotopic (exact) mass is 242 g/mol. The van der Waals surface area contributed by atoms with E-state index in [-0.39, 0.29) is 5.69 Å². The number of pyridine rings is 1. The van der Waals surface area contributed by atoms with E-state index in [0.717, 1.165) is 0 Å². The molecule has 1 rings (SSSR count). The number of hydrogen-bond acceptors (Lipinski definition) is 3. The van der Waals surface area contributed by atoms with Crippen molar-refractivity contribution in [2.45, 2.75) is 19.4 Å². The van der Waals surface area contributed by atoms with Crippen LogP contribution in [0.2, 0.25) is 5.02 Å². The first-order valence-electron chi connectivity index (χ1n) is 4.69. The Balaban J connectivity index is 2.75. The summed E-state index contributed by atoms with van der Waals surface area (Å²) in [4.78, 5) is 26.1. The number of carboxylic acid groups (broad SMARTS) is 1. The number of nitrogens with zero attached hydrogens (tertiary/aromatic N) is 1. The largest absolute Gasteiger partial charge is 0.480 e. The summed E-state index contributed by atoms with van der Waals surface area (Å²) in [5.74, 6) is -1.62. The molecule has 0 aliphatic rings. The number of aromatic nitrogens is 1. The van der Waals surface area contributed by atoms with Crippen LogP contribution < -0.4 is 5.32 Å². The van der Waals surface area contributed by atoms with Crippen molar-refractivity contribution in [3.63, 3.8) is 0 Å².